The van der Waals surface area contributed by atoms with Gasteiger partial charge in [0.15, 0.2) is 0 Å². The molecule has 29 heavy (non-hydrogen) atoms. The Morgan fingerprint density at radius 2 is 1.97 bits per heavy atom. The van der Waals surface area contributed by atoms with Crippen LogP contribution in [0.4, 0.5) is 0 Å². The Labute approximate surface area is 175 Å². The number of hydrogen-bond donors (Lipinski definition) is 1. The van der Waals surface area contributed by atoms with Crippen molar-refractivity contribution in [3.05, 3.63) is 0 Å². The highest BCUT2D eigenvalue weighted by atomic mass is 16.6. The third kappa shape index (κ3) is 3.10. The second-order valence-electron chi connectivity index (χ2n) is 11.0. The number of oxime groups is 1. The first-order valence-electron chi connectivity index (χ1n) is 11.9. The van der Waals surface area contributed by atoms with E-state index < -0.39 is 0 Å². The number of ketones is 1. The molecule has 1 saturated heterocycles. The second-order valence-corrected chi connectivity index (χ2v) is 11.0. The van der Waals surface area contributed by atoms with E-state index in [1.165, 1.54) is 18.6 Å². The summed E-state index contributed by atoms with van der Waals surface area (Å²) in [6.45, 7) is 6.76. The highest BCUT2D eigenvalue weighted by Crippen LogP contribution is 2.65. The summed E-state index contributed by atoms with van der Waals surface area (Å²) in [6, 6.07) is 0. The van der Waals surface area contributed by atoms with Crippen LogP contribution >= 0.6 is 0 Å². The van der Waals surface area contributed by atoms with Gasteiger partial charge in [0.1, 0.15) is 11.9 Å². The van der Waals surface area contributed by atoms with Gasteiger partial charge in [0.05, 0.1) is 11.8 Å². The monoisotopic (exact) mass is 402 g/mol. The Morgan fingerprint density at radius 3 is 2.72 bits per heavy atom. The normalized spacial score (nSPS) is 50.9. The predicted molar refractivity (Wildman–Crippen MR) is 113 cm³/mol. The van der Waals surface area contributed by atoms with Gasteiger partial charge in [0, 0.05) is 31.9 Å². The maximum Gasteiger partial charge on any atom is 0.141 e. The number of Topliss-reactive ketones (excluding diaryl/α,β-unsaturated/α-hetero) is 1. The van der Waals surface area contributed by atoms with Crippen molar-refractivity contribution in [1.82, 2.24) is 5.32 Å². The standard InChI is InChI=1S/C24H38N2O3/c1-23-9-6-16(26-29-17-8-11-25-14-17)12-15(23)13-20(28-3)22-18-4-5-21(27)24(18,2)10-7-19(22)23/h15,17-20,22,25H,4-14H2,1-3H3/t15?,17-,18+,19-,20?,22+,23+,24+/m1/s1. The lowest BCUT2D eigenvalue weighted by Gasteiger charge is -2.61. The lowest BCUT2D eigenvalue weighted by atomic mass is 9.44. The molecule has 4 saturated carbocycles. The van der Waals surface area contributed by atoms with Crippen molar-refractivity contribution in [2.75, 3.05) is 20.2 Å². The summed E-state index contributed by atoms with van der Waals surface area (Å²) in [5, 5.41) is 7.95. The minimum Gasteiger partial charge on any atom is -0.391 e. The van der Waals surface area contributed by atoms with E-state index in [-0.39, 0.29) is 17.6 Å². The summed E-state index contributed by atoms with van der Waals surface area (Å²) in [4.78, 5) is 18.6. The zero-order valence-corrected chi connectivity index (χ0v) is 18.4. The fraction of sp³-hybridized carbons (Fsp3) is 0.917. The van der Waals surface area contributed by atoms with E-state index in [1.807, 2.05) is 7.11 Å². The van der Waals surface area contributed by atoms with Crippen LogP contribution in [0.3, 0.4) is 0 Å². The topological polar surface area (TPSA) is 59.9 Å². The van der Waals surface area contributed by atoms with E-state index in [1.54, 1.807) is 0 Å². The molecule has 1 N–H and O–H groups in total. The first-order chi connectivity index (χ1) is 14.0. The highest BCUT2D eigenvalue weighted by molar-refractivity contribution is 5.87. The van der Waals surface area contributed by atoms with E-state index in [0.717, 1.165) is 58.0 Å². The summed E-state index contributed by atoms with van der Waals surface area (Å²) < 4.78 is 6.13. The van der Waals surface area contributed by atoms with E-state index in [2.05, 4.69) is 24.3 Å². The number of carbonyl (C=O) groups excluding carboxylic acids is 1. The molecule has 0 aromatic rings. The molecule has 5 nitrogen and oxygen atoms in total. The van der Waals surface area contributed by atoms with Crippen molar-refractivity contribution < 1.29 is 14.4 Å². The van der Waals surface area contributed by atoms with Crippen LogP contribution in [-0.4, -0.2) is 43.9 Å². The maximum absolute atomic E-state index is 12.7. The van der Waals surface area contributed by atoms with Crippen LogP contribution in [0.5, 0.6) is 0 Å². The molecule has 0 spiro atoms. The number of fused-ring (bicyclic) bond motifs is 5. The second kappa shape index (κ2) is 7.33. The molecule has 0 aromatic carbocycles. The molecule has 5 fully saturated rings. The molecule has 8 atom stereocenters. The van der Waals surface area contributed by atoms with Crippen LogP contribution in [0, 0.1) is 34.5 Å². The van der Waals surface area contributed by atoms with Crippen LogP contribution in [0.2, 0.25) is 0 Å². The van der Waals surface area contributed by atoms with Crippen molar-refractivity contribution >= 4 is 11.5 Å². The average molecular weight is 403 g/mol. The molecule has 1 heterocycles. The van der Waals surface area contributed by atoms with Gasteiger partial charge in [-0.25, -0.2) is 0 Å². The Kier molecular flexibility index (Phi) is 5.05. The van der Waals surface area contributed by atoms with Gasteiger partial charge in [-0.15, -0.1) is 0 Å². The molecule has 4 aliphatic carbocycles. The fourth-order valence-corrected chi connectivity index (χ4v) is 7.97. The minimum atomic E-state index is -0.0917. The molecule has 5 heteroatoms. The van der Waals surface area contributed by atoms with E-state index in [9.17, 15) is 4.79 Å². The van der Waals surface area contributed by atoms with Crippen LogP contribution in [0.1, 0.15) is 71.6 Å². The van der Waals surface area contributed by atoms with Gasteiger partial charge in [0.25, 0.3) is 0 Å². The minimum absolute atomic E-state index is 0.0917. The molecule has 162 valence electrons. The molecule has 5 aliphatic rings. The van der Waals surface area contributed by atoms with Gasteiger partial charge in [-0.05, 0) is 80.6 Å². The lowest BCUT2D eigenvalue weighted by molar-refractivity contribution is -0.164. The van der Waals surface area contributed by atoms with E-state index in [0.29, 0.717) is 34.9 Å². The van der Waals surface area contributed by atoms with Gasteiger partial charge < -0.3 is 14.9 Å². The summed E-state index contributed by atoms with van der Waals surface area (Å²) in [6.07, 6.45) is 10.2. The van der Waals surface area contributed by atoms with E-state index in [4.69, 9.17) is 9.57 Å². The van der Waals surface area contributed by atoms with Crippen LogP contribution in [0.15, 0.2) is 5.16 Å². The number of nitrogens with one attached hydrogen (secondary N) is 1. The summed E-state index contributed by atoms with van der Waals surface area (Å²) in [5.74, 6) is 2.87. The molecule has 5 rings (SSSR count). The average Bonchev–Trinajstić information content (AvgIpc) is 3.34. The van der Waals surface area contributed by atoms with Crippen molar-refractivity contribution in [1.29, 1.82) is 0 Å². The van der Waals surface area contributed by atoms with Gasteiger partial charge >= 0.3 is 0 Å². The predicted octanol–water partition coefficient (Wildman–Crippen LogP) is 3.96. The Hall–Kier alpha value is -0.940. The molecule has 2 unspecified atom stereocenters. The highest BCUT2D eigenvalue weighted by Gasteiger charge is 2.62. The molecule has 0 radical (unpaired) electrons. The Balaban J connectivity index is 1.36. The van der Waals surface area contributed by atoms with Crippen LogP contribution < -0.4 is 5.32 Å². The lowest BCUT2D eigenvalue weighted by Crippen LogP contribution is -2.58. The zero-order chi connectivity index (χ0) is 20.2. The van der Waals surface area contributed by atoms with Crippen molar-refractivity contribution in [3.8, 4) is 0 Å². The van der Waals surface area contributed by atoms with Gasteiger partial charge in [-0.2, -0.15) is 0 Å². The maximum atomic E-state index is 12.7. The number of methoxy groups -OCH3 is 1. The largest absolute Gasteiger partial charge is 0.391 e. The first kappa shape index (κ1) is 20.0. The number of carbonyl (C=O) groups is 1. The van der Waals surface area contributed by atoms with Crippen molar-refractivity contribution in [3.63, 3.8) is 0 Å². The number of hydrogen-bond acceptors (Lipinski definition) is 5. The van der Waals surface area contributed by atoms with Crippen molar-refractivity contribution in [2.45, 2.75) is 83.8 Å². The first-order valence-corrected chi connectivity index (χ1v) is 11.9. The SMILES string of the molecule is COC1CC2CC(=NO[C@@H]3CCNC3)CC[C@]2(C)[C@@H]2CC[C@]3(C)C(=O)CC[C@H]3[C@H]12. The summed E-state index contributed by atoms with van der Waals surface area (Å²) >= 11 is 0. The Bertz CT molecular complexity index is 688. The summed E-state index contributed by atoms with van der Waals surface area (Å²) in [5.41, 5.74) is 1.51. The molecule has 0 aromatic heterocycles. The zero-order valence-electron chi connectivity index (χ0n) is 18.4. The third-order valence-electron chi connectivity index (χ3n) is 9.85. The fourth-order valence-electron chi connectivity index (χ4n) is 7.97. The third-order valence-corrected chi connectivity index (χ3v) is 9.85. The van der Waals surface area contributed by atoms with Crippen LogP contribution in [0.25, 0.3) is 0 Å². The number of nitrogens with zero attached hydrogens (tertiary/aromatic N) is 1. The molecular weight excluding hydrogens is 364 g/mol. The molecule has 0 bridgehead atoms. The smallest absolute Gasteiger partial charge is 0.141 e. The van der Waals surface area contributed by atoms with Crippen molar-refractivity contribution in [2.24, 2.45) is 39.7 Å². The molecule has 0 amide bonds. The van der Waals surface area contributed by atoms with E-state index >= 15 is 0 Å². The number of rotatable bonds is 3. The quantitative estimate of drug-likeness (QED) is 0.726. The molecule has 1 aliphatic heterocycles. The molecular formula is C24H38N2O3. The Morgan fingerprint density at radius 1 is 1.10 bits per heavy atom. The number of ether oxygens (including phenoxy) is 1. The van der Waals surface area contributed by atoms with Gasteiger partial charge in [0.2, 0.25) is 0 Å². The van der Waals surface area contributed by atoms with Gasteiger partial charge in [-0.3, -0.25) is 4.79 Å². The van der Waals surface area contributed by atoms with Crippen LogP contribution in [-0.2, 0) is 14.4 Å². The summed E-state index contributed by atoms with van der Waals surface area (Å²) in [7, 11) is 1.89. The van der Waals surface area contributed by atoms with Gasteiger partial charge in [-0.1, -0.05) is 19.0 Å².